The molecule has 0 aromatic heterocycles. The van der Waals surface area contributed by atoms with Crippen LogP contribution >= 0.6 is 0 Å². The predicted octanol–water partition coefficient (Wildman–Crippen LogP) is 2.11. The molecule has 1 aromatic rings. The molecule has 0 saturated carbocycles. The fourth-order valence-electron chi connectivity index (χ4n) is 0.893. The molecule has 0 unspecified atom stereocenters. The molecule has 0 fully saturated rings. The lowest BCUT2D eigenvalue weighted by Crippen LogP contribution is -1.97. The average molecular weight is 178 g/mol. The van der Waals surface area contributed by atoms with Crippen molar-refractivity contribution in [3.05, 3.63) is 42.0 Å². The summed E-state index contributed by atoms with van der Waals surface area (Å²) >= 11 is 0. The normalized spacial score (nSPS) is 10.2. The van der Waals surface area contributed by atoms with Crippen molar-refractivity contribution < 1.29 is 14.9 Å². The summed E-state index contributed by atoms with van der Waals surface area (Å²) in [4.78, 5) is 14.0. The molecule has 1 N–H and O–H groups in total. The number of carbonyl (C=O) groups is 1. The zero-order valence-corrected chi connectivity index (χ0v) is 7.01. The first-order valence-electron chi connectivity index (χ1n) is 3.89. The fourth-order valence-corrected chi connectivity index (χ4v) is 0.893. The molecule has 0 aliphatic carbocycles. The first kappa shape index (κ1) is 9.48. The highest BCUT2D eigenvalue weighted by atomic mass is 17.1. The summed E-state index contributed by atoms with van der Waals surface area (Å²) in [5.74, 6) is -0.660. The van der Waals surface area contributed by atoms with Gasteiger partial charge in [0.25, 0.3) is 0 Å². The van der Waals surface area contributed by atoms with Crippen molar-refractivity contribution in [1.82, 2.24) is 0 Å². The largest absolute Gasteiger partial charge is 0.345 e. The third-order valence-corrected chi connectivity index (χ3v) is 1.50. The first-order valence-corrected chi connectivity index (χ1v) is 3.89. The van der Waals surface area contributed by atoms with Crippen LogP contribution in [0.1, 0.15) is 12.0 Å². The highest BCUT2D eigenvalue weighted by molar-refractivity contribution is 5.71. The molecule has 0 atom stereocenters. The highest BCUT2D eigenvalue weighted by Crippen LogP contribution is 2.01. The molecule has 0 radical (unpaired) electrons. The van der Waals surface area contributed by atoms with Crippen LogP contribution in [0.3, 0.4) is 0 Å². The summed E-state index contributed by atoms with van der Waals surface area (Å²) in [6.45, 7) is 0. The van der Waals surface area contributed by atoms with Gasteiger partial charge in [-0.1, -0.05) is 42.5 Å². The summed E-state index contributed by atoms with van der Waals surface area (Å²) in [5, 5.41) is 7.95. The summed E-state index contributed by atoms with van der Waals surface area (Å²) in [6, 6.07) is 9.56. The van der Waals surface area contributed by atoms with Crippen LogP contribution in [0.2, 0.25) is 0 Å². The minimum atomic E-state index is -0.660. The Hall–Kier alpha value is -1.61. The minimum Gasteiger partial charge on any atom is -0.301 e. The van der Waals surface area contributed by atoms with Crippen LogP contribution in [0, 0.1) is 0 Å². The topological polar surface area (TPSA) is 46.5 Å². The molecule has 13 heavy (non-hydrogen) atoms. The lowest BCUT2D eigenvalue weighted by molar-refractivity contribution is -0.233. The van der Waals surface area contributed by atoms with E-state index in [4.69, 9.17) is 5.26 Å². The van der Waals surface area contributed by atoms with Crippen molar-refractivity contribution in [1.29, 1.82) is 0 Å². The molecule has 3 nitrogen and oxygen atoms in total. The van der Waals surface area contributed by atoms with Crippen molar-refractivity contribution in [3.63, 3.8) is 0 Å². The first-order chi connectivity index (χ1) is 6.33. The van der Waals surface area contributed by atoms with Gasteiger partial charge in [0, 0.05) is 0 Å². The van der Waals surface area contributed by atoms with Crippen LogP contribution in [0.15, 0.2) is 36.4 Å². The van der Waals surface area contributed by atoms with Gasteiger partial charge in [-0.15, -0.1) is 0 Å². The Morgan fingerprint density at radius 3 is 2.69 bits per heavy atom. The minimum absolute atomic E-state index is 0.0748. The maximum atomic E-state index is 10.5. The SMILES string of the molecule is O=C(CC=Cc1ccccc1)OO. The third kappa shape index (κ3) is 3.53. The Labute approximate surface area is 76.2 Å². The summed E-state index contributed by atoms with van der Waals surface area (Å²) in [6.07, 6.45) is 3.50. The van der Waals surface area contributed by atoms with Crippen LogP contribution < -0.4 is 0 Å². The maximum absolute atomic E-state index is 10.5. The second kappa shape index (κ2) is 5.11. The average Bonchev–Trinajstić information content (AvgIpc) is 2.19. The van der Waals surface area contributed by atoms with Gasteiger partial charge in [-0.3, -0.25) is 0 Å². The van der Waals surface area contributed by atoms with Crippen molar-refractivity contribution in [2.24, 2.45) is 0 Å². The molecule has 0 aliphatic heterocycles. The Morgan fingerprint density at radius 2 is 2.08 bits per heavy atom. The van der Waals surface area contributed by atoms with Crippen molar-refractivity contribution >= 4 is 12.0 Å². The molecule has 1 aromatic carbocycles. The predicted molar refractivity (Wildman–Crippen MR) is 48.8 cm³/mol. The molecule has 3 heteroatoms. The van der Waals surface area contributed by atoms with Gasteiger partial charge in [0.2, 0.25) is 0 Å². The van der Waals surface area contributed by atoms with E-state index in [9.17, 15) is 4.79 Å². The molecule has 0 spiro atoms. The lowest BCUT2D eigenvalue weighted by atomic mass is 10.2. The molecular formula is C10H10O3. The van der Waals surface area contributed by atoms with Gasteiger partial charge in [0.05, 0.1) is 6.42 Å². The standard InChI is InChI=1S/C10H10O3/c11-10(13-12)8-4-7-9-5-2-1-3-6-9/h1-7,12H,8H2. The van der Waals surface area contributed by atoms with Crippen LogP contribution in [0.5, 0.6) is 0 Å². The zero-order valence-electron chi connectivity index (χ0n) is 7.01. The molecule has 0 saturated heterocycles. The Kier molecular flexibility index (Phi) is 3.73. The third-order valence-electron chi connectivity index (χ3n) is 1.50. The van der Waals surface area contributed by atoms with Gasteiger partial charge in [0.1, 0.15) is 0 Å². The van der Waals surface area contributed by atoms with E-state index >= 15 is 0 Å². The molecule has 1 rings (SSSR count). The smallest absolute Gasteiger partial charge is 0.301 e. The number of benzene rings is 1. The Balaban J connectivity index is 2.45. The Bertz CT molecular complexity index is 290. The van der Waals surface area contributed by atoms with E-state index in [1.54, 1.807) is 12.2 Å². The molecule has 0 amide bonds. The zero-order chi connectivity index (χ0) is 9.52. The van der Waals surface area contributed by atoms with Gasteiger partial charge >= 0.3 is 5.97 Å². The van der Waals surface area contributed by atoms with Gasteiger partial charge < -0.3 is 4.89 Å². The van der Waals surface area contributed by atoms with Crippen molar-refractivity contribution in [3.8, 4) is 0 Å². The van der Waals surface area contributed by atoms with Crippen LogP contribution in [0.25, 0.3) is 6.08 Å². The van der Waals surface area contributed by atoms with Crippen molar-refractivity contribution in [2.75, 3.05) is 0 Å². The van der Waals surface area contributed by atoms with Crippen LogP contribution in [0.4, 0.5) is 0 Å². The number of hydrogen-bond donors (Lipinski definition) is 1. The van der Waals surface area contributed by atoms with E-state index in [1.165, 1.54) is 0 Å². The highest BCUT2D eigenvalue weighted by Gasteiger charge is 1.95. The number of carbonyl (C=O) groups excluding carboxylic acids is 1. The van der Waals surface area contributed by atoms with E-state index in [1.807, 2.05) is 30.3 Å². The van der Waals surface area contributed by atoms with E-state index in [2.05, 4.69) is 4.89 Å². The monoisotopic (exact) mass is 178 g/mol. The van der Waals surface area contributed by atoms with E-state index in [0.29, 0.717) is 0 Å². The number of rotatable bonds is 3. The number of hydrogen-bond acceptors (Lipinski definition) is 3. The molecular weight excluding hydrogens is 168 g/mol. The second-order valence-corrected chi connectivity index (χ2v) is 2.48. The van der Waals surface area contributed by atoms with Gasteiger partial charge in [-0.25, -0.2) is 4.79 Å². The molecule has 68 valence electrons. The van der Waals surface area contributed by atoms with Gasteiger partial charge in [-0.05, 0) is 5.56 Å². The lowest BCUT2D eigenvalue weighted by Gasteiger charge is -1.91. The molecule has 0 aliphatic rings. The Morgan fingerprint density at radius 1 is 1.38 bits per heavy atom. The van der Waals surface area contributed by atoms with Crippen molar-refractivity contribution in [2.45, 2.75) is 6.42 Å². The van der Waals surface area contributed by atoms with E-state index in [0.717, 1.165) is 5.56 Å². The summed E-state index contributed by atoms with van der Waals surface area (Å²) < 4.78 is 0. The van der Waals surface area contributed by atoms with Crippen LogP contribution in [-0.2, 0) is 9.68 Å². The van der Waals surface area contributed by atoms with E-state index < -0.39 is 5.97 Å². The fraction of sp³-hybridized carbons (Fsp3) is 0.100. The summed E-state index contributed by atoms with van der Waals surface area (Å²) in [7, 11) is 0. The van der Waals surface area contributed by atoms with E-state index in [-0.39, 0.29) is 6.42 Å². The van der Waals surface area contributed by atoms with Gasteiger partial charge in [0.15, 0.2) is 0 Å². The van der Waals surface area contributed by atoms with Crippen LogP contribution in [-0.4, -0.2) is 11.2 Å². The molecule has 0 heterocycles. The quantitative estimate of drug-likeness (QED) is 0.569. The second-order valence-electron chi connectivity index (χ2n) is 2.48. The summed E-state index contributed by atoms with van der Waals surface area (Å²) in [5.41, 5.74) is 1.01. The maximum Gasteiger partial charge on any atom is 0.345 e. The van der Waals surface area contributed by atoms with Gasteiger partial charge in [-0.2, -0.15) is 5.26 Å². The molecule has 0 bridgehead atoms.